The van der Waals surface area contributed by atoms with Gasteiger partial charge in [-0.3, -0.25) is 25.0 Å². The average molecular weight is 572 g/mol. The van der Waals surface area contributed by atoms with Crippen LogP contribution < -0.4 is 5.32 Å². The number of nitrogens with one attached hydrogen (secondary N) is 1. The van der Waals surface area contributed by atoms with Crippen molar-refractivity contribution >= 4 is 28.1 Å². The molecule has 0 unspecified atom stereocenters. The van der Waals surface area contributed by atoms with Gasteiger partial charge >= 0.3 is 0 Å². The zero-order valence-electron chi connectivity index (χ0n) is 24.7. The van der Waals surface area contributed by atoms with Crippen LogP contribution in [0.3, 0.4) is 0 Å². The number of benzene rings is 3. The standard InChI is InChI=1S/C34H41N3O5/c1-4-5-6-7-8-9-10-11-12-13-26-16-14-25-15-17-27-18-23(2)24(3)19-31(27)32(25)33(26)35-34(38)28-20-29(36(39)40)22-30(21-28)37(41)42/h4,15,17-22,26,33H,1,5-14,16H2,2-3H3,(H,35,38)/t26-,33-/m1/s1. The molecule has 8 heteroatoms. The first kappa shape index (κ1) is 30.9. The lowest BCUT2D eigenvalue weighted by molar-refractivity contribution is -0.394. The number of nitro groups is 2. The van der Waals surface area contributed by atoms with Gasteiger partial charge in [-0.25, -0.2) is 0 Å². The first-order valence-electron chi connectivity index (χ1n) is 15.1. The molecule has 0 radical (unpaired) electrons. The molecule has 222 valence electrons. The SMILES string of the molecule is C=CCCCCCCCCC[C@@H]1CCc2ccc3cc(C)c(C)cc3c2[C@@H]1NC(=O)c1cc([N+](=O)[O-])cc([N+](=O)[O-])c1. The largest absolute Gasteiger partial charge is 0.345 e. The van der Waals surface area contributed by atoms with Crippen molar-refractivity contribution in [3.05, 3.63) is 103 Å². The predicted octanol–water partition coefficient (Wildman–Crippen LogP) is 9.00. The molecule has 2 atom stereocenters. The van der Waals surface area contributed by atoms with Crippen LogP contribution >= 0.6 is 0 Å². The van der Waals surface area contributed by atoms with Gasteiger partial charge in [-0.15, -0.1) is 6.58 Å². The summed E-state index contributed by atoms with van der Waals surface area (Å²) in [7, 11) is 0. The highest BCUT2D eigenvalue weighted by molar-refractivity contribution is 5.97. The van der Waals surface area contributed by atoms with E-state index in [0.717, 1.165) is 73.1 Å². The number of allylic oxidation sites excluding steroid dienone is 1. The van der Waals surface area contributed by atoms with Crippen molar-refractivity contribution in [2.75, 3.05) is 0 Å². The van der Waals surface area contributed by atoms with Gasteiger partial charge in [-0.1, -0.05) is 68.9 Å². The maximum Gasteiger partial charge on any atom is 0.277 e. The molecule has 4 rings (SSSR count). The first-order chi connectivity index (χ1) is 20.2. The molecular formula is C34H41N3O5. The van der Waals surface area contributed by atoms with Crippen LogP contribution in [0.25, 0.3) is 10.8 Å². The van der Waals surface area contributed by atoms with E-state index < -0.39 is 27.1 Å². The Bertz CT molecular complexity index is 1450. The second kappa shape index (κ2) is 14.2. The number of hydrogen-bond acceptors (Lipinski definition) is 5. The molecule has 0 saturated heterocycles. The molecule has 3 aromatic rings. The topological polar surface area (TPSA) is 115 Å². The van der Waals surface area contributed by atoms with Crippen LogP contribution in [-0.4, -0.2) is 15.8 Å². The third-order valence-corrected chi connectivity index (χ3v) is 8.69. The Morgan fingerprint density at radius 3 is 2.17 bits per heavy atom. The summed E-state index contributed by atoms with van der Waals surface area (Å²) in [5.74, 6) is -0.347. The summed E-state index contributed by atoms with van der Waals surface area (Å²) in [6, 6.07) is 11.5. The first-order valence-corrected chi connectivity index (χ1v) is 15.1. The summed E-state index contributed by atoms with van der Waals surface area (Å²) in [5, 5.41) is 28.3. The third kappa shape index (κ3) is 7.41. The average Bonchev–Trinajstić information content (AvgIpc) is 2.97. The van der Waals surface area contributed by atoms with Crippen LogP contribution in [0.2, 0.25) is 0 Å². The number of carbonyl (C=O) groups excluding carboxylic acids is 1. The maximum absolute atomic E-state index is 13.6. The monoisotopic (exact) mass is 571 g/mol. The van der Waals surface area contributed by atoms with Gasteiger partial charge in [-0.05, 0) is 84.9 Å². The number of non-ortho nitro benzene ring substituents is 2. The van der Waals surface area contributed by atoms with Crippen molar-refractivity contribution in [1.29, 1.82) is 0 Å². The Labute approximate surface area is 247 Å². The highest BCUT2D eigenvalue weighted by Crippen LogP contribution is 2.42. The summed E-state index contributed by atoms with van der Waals surface area (Å²) in [6.07, 6.45) is 14.1. The fraction of sp³-hybridized carbons (Fsp3) is 0.441. The Morgan fingerprint density at radius 2 is 1.52 bits per heavy atom. The van der Waals surface area contributed by atoms with E-state index in [1.165, 1.54) is 48.8 Å². The molecule has 1 aliphatic rings. The van der Waals surface area contributed by atoms with Crippen LogP contribution in [0.1, 0.15) is 103 Å². The van der Waals surface area contributed by atoms with Gasteiger partial charge in [0.05, 0.1) is 27.5 Å². The molecule has 0 heterocycles. The molecule has 0 saturated carbocycles. The fourth-order valence-electron chi connectivity index (χ4n) is 6.23. The summed E-state index contributed by atoms with van der Waals surface area (Å²) >= 11 is 0. The quantitative estimate of drug-likeness (QED) is 0.0897. The number of unbranched alkanes of at least 4 members (excludes halogenated alkanes) is 7. The molecule has 0 spiro atoms. The smallest absolute Gasteiger partial charge is 0.277 e. The molecule has 3 aromatic carbocycles. The van der Waals surface area contributed by atoms with E-state index in [9.17, 15) is 25.0 Å². The Hall–Kier alpha value is -4.07. The van der Waals surface area contributed by atoms with Crippen LogP contribution in [0.15, 0.2) is 55.1 Å². The molecule has 0 aliphatic heterocycles. The predicted molar refractivity (Wildman–Crippen MR) is 167 cm³/mol. The summed E-state index contributed by atoms with van der Waals surface area (Å²) in [4.78, 5) is 35.2. The highest BCUT2D eigenvalue weighted by atomic mass is 16.6. The Morgan fingerprint density at radius 1 is 0.905 bits per heavy atom. The van der Waals surface area contributed by atoms with Crippen LogP contribution in [0.4, 0.5) is 11.4 Å². The van der Waals surface area contributed by atoms with Crippen LogP contribution in [0.5, 0.6) is 0 Å². The Balaban J connectivity index is 1.60. The van der Waals surface area contributed by atoms with Gasteiger partial charge in [0.25, 0.3) is 17.3 Å². The van der Waals surface area contributed by atoms with Crippen molar-refractivity contribution in [2.24, 2.45) is 5.92 Å². The third-order valence-electron chi connectivity index (χ3n) is 8.69. The van der Waals surface area contributed by atoms with Crippen molar-refractivity contribution in [2.45, 2.75) is 90.5 Å². The van der Waals surface area contributed by atoms with E-state index in [-0.39, 0.29) is 17.5 Å². The number of aryl methyl sites for hydroxylation is 3. The van der Waals surface area contributed by atoms with Gasteiger partial charge in [0.2, 0.25) is 0 Å². The molecule has 0 bridgehead atoms. The minimum Gasteiger partial charge on any atom is -0.345 e. The zero-order chi connectivity index (χ0) is 30.2. The number of nitrogens with zero attached hydrogens (tertiary/aromatic N) is 2. The van der Waals surface area contributed by atoms with E-state index in [2.05, 4.69) is 50.0 Å². The van der Waals surface area contributed by atoms with Crippen molar-refractivity contribution in [1.82, 2.24) is 5.32 Å². The van der Waals surface area contributed by atoms with Gasteiger partial charge in [0.15, 0.2) is 0 Å². The fourth-order valence-corrected chi connectivity index (χ4v) is 6.23. The lowest BCUT2D eigenvalue weighted by atomic mass is 9.75. The molecule has 1 N–H and O–H groups in total. The minimum atomic E-state index is -0.708. The van der Waals surface area contributed by atoms with Gasteiger partial charge in [-0.2, -0.15) is 0 Å². The number of nitro benzene ring substituents is 2. The lowest BCUT2D eigenvalue weighted by Gasteiger charge is -2.35. The number of amides is 1. The highest BCUT2D eigenvalue weighted by Gasteiger charge is 2.33. The molecule has 1 aliphatic carbocycles. The molecule has 0 fully saturated rings. The molecule has 1 amide bonds. The van der Waals surface area contributed by atoms with Crippen molar-refractivity contribution in [3.8, 4) is 0 Å². The zero-order valence-corrected chi connectivity index (χ0v) is 24.7. The summed E-state index contributed by atoms with van der Waals surface area (Å²) < 4.78 is 0. The van der Waals surface area contributed by atoms with E-state index in [1.807, 2.05) is 6.08 Å². The molecule has 42 heavy (non-hydrogen) atoms. The van der Waals surface area contributed by atoms with Gasteiger partial charge < -0.3 is 5.32 Å². The summed E-state index contributed by atoms with van der Waals surface area (Å²) in [5.41, 5.74) is 3.63. The maximum atomic E-state index is 13.6. The van der Waals surface area contributed by atoms with Crippen LogP contribution in [-0.2, 0) is 6.42 Å². The van der Waals surface area contributed by atoms with Crippen molar-refractivity contribution < 1.29 is 14.6 Å². The number of carbonyl (C=O) groups is 1. The van der Waals surface area contributed by atoms with E-state index >= 15 is 0 Å². The van der Waals surface area contributed by atoms with E-state index in [0.29, 0.717) is 0 Å². The van der Waals surface area contributed by atoms with Crippen LogP contribution in [0, 0.1) is 40.0 Å². The second-order valence-electron chi connectivity index (χ2n) is 11.6. The Kier molecular flexibility index (Phi) is 10.4. The number of rotatable bonds is 14. The normalized spacial score (nSPS) is 16.1. The minimum absolute atomic E-state index is 0.0783. The van der Waals surface area contributed by atoms with Gasteiger partial charge in [0, 0.05) is 12.1 Å². The number of fused-ring (bicyclic) bond motifs is 3. The van der Waals surface area contributed by atoms with E-state index in [1.54, 1.807) is 0 Å². The molecule has 8 nitrogen and oxygen atoms in total. The lowest BCUT2D eigenvalue weighted by Crippen LogP contribution is -2.36. The number of hydrogen-bond donors (Lipinski definition) is 1. The summed E-state index contributed by atoms with van der Waals surface area (Å²) in [6.45, 7) is 7.96. The molecular weight excluding hydrogens is 530 g/mol. The second-order valence-corrected chi connectivity index (χ2v) is 11.6. The van der Waals surface area contributed by atoms with Gasteiger partial charge in [0.1, 0.15) is 0 Å². The van der Waals surface area contributed by atoms with Crippen molar-refractivity contribution in [3.63, 3.8) is 0 Å². The van der Waals surface area contributed by atoms with E-state index in [4.69, 9.17) is 0 Å². The molecule has 0 aromatic heterocycles.